The van der Waals surface area contributed by atoms with Gasteiger partial charge in [-0.15, -0.1) is 0 Å². The highest BCUT2D eigenvalue weighted by molar-refractivity contribution is 6.30. The number of hydrogen-bond donors (Lipinski definition) is 1. The second kappa shape index (κ2) is 6.79. The van der Waals surface area contributed by atoms with Crippen LogP contribution in [-0.4, -0.2) is 30.5 Å². The number of benzene rings is 1. The Morgan fingerprint density at radius 1 is 1.23 bits per heavy atom. The summed E-state index contributed by atoms with van der Waals surface area (Å²) in [6, 6.07) is 11.4. The van der Waals surface area contributed by atoms with Crippen molar-refractivity contribution in [2.24, 2.45) is 5.92 Å². The third-order valence-electron chi connectivity index (χ3n) is 3.97. The van der Waals surface area contributed by atoms with Crippen LogP contribution in [-0.2, 0) is 0 Å². The Kier molecular flexibility index (Phi) is 4.59. The zero-order valence-corrected chi connectivity index (χ0v) is 13.0. The number of nitrogens with zero attached hydrogens (tertiary/aromatic N) is 2. The van der Waals surface area contributed by atoms with Crippen molar-refractivity contribution in [2.45, 2.75) is 6.42 Å². The SMILES string of the molecule is O=C(NC[C@H]1CCN(c2ccc(Cl)cc2)C1)c1ccncc1. The van der Waals surface area contributed by atoms with E-state index < -0.39 is 0 Å². The Labute approximate surface area is 135 Å². The van der Waals surface area contributed by atoms with E-state index in [0.29, 0.717) is 18.0 Å². The van der Waals surface area contributed by atoms with E-state index in [9.17, 15) is 4.79 Å². The van der Waals surface area contributed by atoms with Gasteiger partial charge in [0.1, 0.15) is 0 Å². The number of nitrogens with one attached hydrogen (secondary N) is 1. The number of carbonyl (C=O) groups excluding carboxylic acids is 1. The second-order valence-electron chi connectivity index (χ2n) is 5.52. The van der Waals surface area contributed by atoms with E-state index in [4.69, 9.17) is 11.6 Å². The molecule has 0 aliphatic carbocycles. The molecule has 1 amide bonds. The van der Waals surface area contributed by atoms with Gasteiger partial charge in [0, 0.05) is 48.3 Å². The van der Waals surface area contributed by atoms with Gasteiger partial charge in [0.15, 0.2) is 0 Å². The van der Waals surface area contributed by atoms with Crippen LogP contribution < -0.4 is 10.2 Å². The maximum absolute atomic E-state index is 12.0. The van der Waals surface area contributed by atoms with Crippen molar-refractivity contribution in [3.8, 4) is 0 Å². The van der Waals surface area contributed by atoms with Crippen LogP contribution in [0.15, 0.2) is 48.8 Å². The lowest BCUT2D eigenvalue weighted by molar-refractivity contribution is 0.0948. The molecule has 0 spiro atoms. The van der Waals surface area contributed by atoms with E-state index in [1.165, 1.54) is 5.69 Å². The quantitative estimate of drug-likeness (QED) is 0.943. The lowest BCUT2D eigenvalue weighted by atomic mass is 10.1. The molecule has 22 heavy (non-hydrogen) atoms. The predicted octanol–water partition coefficient (Wildman–Crippen LogP) is 2.99. The van der Waals surface area contributed by atoms with Crippen LogP contribution in [0.5, 0.6) is 0 Å². The summed E-state index contributed by atoms with van der Waals surface area (Å²) in [6.07, 6.45) is 4.35. The highest BCUT2D eigenvalue weighted by Gasteiger charge is 2.23. The van der Waals surface area contributed by atoms with Crippen LogP contribution in [0.1, 0.15) is 16.8 Å². The average Bonchev–Trinajstić information content (AvgIpc) is 3.03. The molecule has 1 saturated heterocycles. The molecule has 0 radical (unpaired) electrons. The van der Waals surface area contributed by atoms with Crippen molar-refractivity contribution in [1.82, 2.24) is 10.3 Å². The zero-order chi connectivity index (χ0) is 15.4. The third kappa shape index (κ3) is 3.57. The molecule has 2 heterocycles. The largest absolute Gasteiger partial charge is 0.371 e. The fourth-order valence-electron chi connectivity index (χ4n) is 2.73. The Bertz CT molecular complexity index is 630. The number of halogens is 1. The van der Waals surface area contributed by atoms with Gasteiger partial charge in [-0.2, -0.15) is 0 Å². The summed E-state index contributed by atoms with van der Waals surface area (Å²) in [5, 5.41) is 3.76. The molecular weight excluding hydrogens is 298 g/mol. The summed E-state index contributed by atoms with van der Waals surface area (Å²) in [4.78, 5) is 18.3. The molecular formula is C17H18ClN3O. The van der Waals surface area contributed by atoms with Crippen molar-refractivity contribution >= 4 is 23.2 Å². The highest BCUT2D eigenvalue weighted by atomic mass is 35.5. The molecule has 1 fully saturated rings. The average molecular weight is 316 g/mol. The number of carbonyl (C=O) groups is 1. The number of anilines is 1. The van der Waals surface area contributed by atoms with Crippen LogP contribution in [0.4, 0.5) is 5.69 Å². The van der Waals surface area contributed by atoms with Crippen molar-refractivity contribution in [2.75, 3.05) is 24.5 Å². The van der Waals surface area contributed by atoms with Crippen molar-refractivity contribution < 1.29 is 4.79 Å². The Morgan fingerprint density at radius 2 is 1.95 bits per heavy atom. The van der Waals surface area contributed by atoms with E-state index in [1.54, 1.807) is 24.5 Å². The number of aromatic nitrogens is 1. The van der Waals surface area contributed by atoms with E-state index in [1.807, 2.05) is 24.3 Å². The highest BCUT2D eigenvalue weighted by Crippen LogP contribution is 2.24. The molecule has 114 valence electrons. The predicted molar refractivity (Wildman–Crippen MR) is 88.3 cm³/mol. The van der Waals surface area contributed by atoms with E-state index in [-0.39, 0.29) is 5.91 Å². The minimum Gasteiger partial charge on any atom is -0.371 e. The van der Waals surface area contributed by atoms with Gasteiger partial charge >= 0.3 is 0 Å². The van der Waals surface area contributed by atoms with Crippen molar-refractivity contribution in [3.05, 3.63) is 59.4 Å². The molecule has 1 aromatic heterocycles. The summed E-state index contributed by atoms with van der Waals surface area (Å²) >= 11 is 5.92. The van der Waals surface area contributed by atoms with Crippen molar-refractivity contribution in [3.63, 3.8) is 0 Å². The van der Waals surface area contributed by atoms with Crippen molar-refractivity contribution in [1.29, 1.82) is 0 Å². The number of rotatable bonds is 4. The fourth-order valence-corrected chi connectivity index (χ4v) is 2.85. The van der Waals surface area contributed by atoms with Gasteiger partial charge in [0.2, 0.25) is 0 Å². The molecule has 1 aromatic carbocycles. The maximum atomic E-state index is 12.0. The first-order valence-electron chi connectivity index (χ1n) is 7.41. The lowest BCUT2D eigenvalue weighted by Gasteiger charge is -2.19. The molecule has 1 aliphatic rings. The second-order valence-corrected chi connectivity index (χ2v) is 5.96. The molecule has 3 rings (SSSR count). The van der Waals surface area contributed by atoms with E-state index in [0.717, 1.165) is 24.5 Å². The van der Waals surface area contributed by atoms with Crippen LogP contribution >= 0.6 is 11.6 Å². The molecule has 4 nitrogen and oxygen atoms in total. The number of amides is 1. The summed E-state index contributed by atoms with van der Waals surface area (Å²) in [5.74, 6) is 0.439. The van der Waals surface area contributed by atoms with Gasteiger partial charge in [0.05, 0.1) is 0 Å². The van der Waals surface area contributed by atoms with E-state index in [2.05, 4.69) is 15.2 Å². The Morgan fingerprint density at radius 3 is 2.68 bits per heavy atom. The minimum absolute atomic E-state index is 0.0349. The Hall–Kier alpha value is -2.07. The summed E-state index contributed by atoms with van der Waals surface area (Å²) in [7, 11) is 0. The van der Waals surface area contributed by atoms with Gasteiger partial charge in [-0.1, -0.05) is 11.6 Å². The molecule has 1 atom stereocenters. The van der Waals surface area contributed by atoms with Gasteiger partial charge in [0.25, 0.3) is 5.91 Å². The van der Waals surface area contributed by atoms with E-state index >= 15 is 0 Å². The standard InChI is InChI=1S/C17H18ClN3O/c18-15-1-3-16(4-2-15)21-10-7-13(12-21)11-20-17(22)14-5-8-19-9-6-14/h1-6,8-9,13H,7,10-12H2,(H,20,22)/t13-/m1/s1. The molecule has 2 aromatic rings. The first-order valence-corrected chi connectivity index (χ1v) is 7.79. The van der Waals surface area contributed by atoms with Crippen LogP contribution in [0, 0.1) is 5.92 Å². The Balaban J connectivity index is 1.51. The molecule has 0 bridgehead atoms. The lowest BCUT2D eigenvalue weighted by Crippen LogP contribution is -2.31. The smallest absolute Gasteiger partial charge is 0.251 e. The normalized spacial score (nSPS) is 17.5. The zero-order valence-electron chi connectivity index (χ0n) is 12.2. The van der Waals surface area contributed by atoms with Gasteiger partial charge < -0.3 is 10.2 Å². The molecule has 1 aliphatic heterocycles. The number of hydrogen-bond acceptors (Lipinski definition) is 3. The fraction of sp³-hybridized carbons (Fsp3) is 0.294. The summed E-state index contributed by atoms with van der Waals surface area (Å²) < 4.78 is 0. The third-order valence-corrected chi connectivity index (χ3v) is 4.22. The van der Waals surface area contributed by atoms with Crippen LogP contribution in [0.25, 0.3) is 0 Å². The van der Waals surface area contributed by atoms with Gasteiger partial charge in [-0.25, -0.2) is 0 Å². The number of pyridine rings is 1. The summed E-state index contributed by atoms with van der Waals surface area (Å²) in [6.45, 7) is 2.67. The molecule has 0 saturated carbocycles. The molecule has 5 heteroatoms. The maximum Gasteiger partial charge on any atom is 0.251 e. The molecule has 1 N–H and O–H groups in total. The first-order chi connectivity index (χ1) is 10.7. The van der Waals surface area contributed by atoms with Gasteiger partial charge in [-0.3, -0.25) is 9.78 Å². The topological polar surface area (TPSA) is 45.2 Å². The summed E-state index contributed by atoms with van der Waals surface area (Å²) in [5.41, 5.74) is 1.84. The van der Waals surface area contributed by atoms with Gasteiger partial charge in [-0.05, 0) is 48.7 Å². The van der Waals surface area contributed by atoms with Crippen LogP contribution in [0.3, 0.4) is 0 Å². The molecule has 0 unspecified atom stereocenters. The monoisotopic (exact) mass is 315 g/mol. The first kappa shape index (κ1) is 14.9. The minimum atomic E-state index is -0.0349. The van der Waals surface area contributed by atoms with Crippen LogP contribution in [0.2, 0.25) is 5.02 Å².